The molecule has 2 amide bonds. The minimum Gasteiger partial charge on any atom is -0.396 e. The summed E-state index contributed by atoms with van der Waals surface area (Å²) in [6.07, 6.45) is -10.7. The maximum Gasteiger partial charge on any atom is 0.223 e. The van der Waals surface area contributed by atoms with Gasteiger partial charge < -0.3 is 61.0 Å². The van der Waals surface area contributed by atoms with Crippen LogP contribution in [0.4, 0.5) is 0 Å². The Bertz CT molecular complexity index is 1790. The number of nitrogens with two attached hydrogens (primary N) is 1. The quantitative estimate of drug-likeness (QED) is 0.135. The molecule has 278 valence electrons. The molecule has 4 heterocycles. The van der Waals surface area contributed by atoms with E-state index in [0.29, 0.717) is 42.8 Å². The van der Waals surface area contributed by atoms with Gasteiger partial charge in [0.1, 0.15) is 54.9 Å². The zero-order valence-corrected chi connectivity index (χ0v) is 28.2. The number of hydrogen-bond donors (Lipinski definition) is 9. The predicted molar refractivity (Wildman–Crippen MR) is 181 cm³/mol. The van der Waals surface area contributed by atoms with Crippen LogP contribution in [-0.4, -0.2) is 150 Å². The smallest absolute Gasteiger partial charge is 0.223 e. The monoisotopic (exact) mass is 721 g/mol. The van der Waals surface area contributed by atoms with Crippen molar-refractivity contribution in [3.63, 3.8) is 0 Å². The van der Waals surface area contributed by atoms with Gasteiger partial charge in [-0.1, -0.05) is 29.7 Å². The van der Waals surface area contributed by atoms with E-state index in [2.05, 4.69) is 23.7 Å². The molecule has 10 N–H and O–H groups in total. The summed E-state index contributed by atoms with van der Waals surface area (Å²) in [5.41, 5.74) is 8.99. The van der Waals surface area contributed by atoms with Gasteiger partial charge in [-0.2, -0.15) is 0 Å². The number of likely N-dealkylation sites (tertiary alicyclic amines) is 1. The summed E-state index contributed by atoms with van der Waals surface area (Å²) in [5, 5.41) is 80.9. The van der Waals surface area contributed by atoms with E-state index in [0.717, 1.165) is 16.7 Å². The average molecular weight is 722 g/mol. The molecule has 1 spiro atoms. The maximum atomic E-state index is 12.9. The third-order valence-corrected chi connectivity index (χ3v) is 10.5. The number of primary amides is 1. The predicted octanol–water partition coefficient (Wildman–Crippen LogP) is -2.99. The second-order valence-electron chi connectivity index (χ2n) is 13.7. The maximum absolute atomic E-state index is 12.9. The molecule has 4 aliphatic rings. The third-order valence-electron chi connectivity index (χ3n) is 10.5. The molecule has 0 bridgehead atoms. The van der Waals surface area contributed by atoms with Gasteiger partial charge in [0.2, 0.25) is 11.8 Å². The fourth-order valence-electron chi connectivity index (χ4n) is 7.51. The minimum absolute atomic E-state index is 0.00840. The molecule has 0 saturated carbocycles. The second kappa shape index (κ2) is 15.6. The summed E-state index contributed by atoms with van der Waals surface area (Å²) < 4.78 is 11.3. The Morgan fingerprint density at radius 2 is 1.40 bits per heavy atom. The van der Waals surface area contributed by atoms with E-state index in [9.17, 15) is 50.4 Å². The number of carbonyl (C=O) groups is 2. The average Bonchev–Trinajstić information content (AvgIpc) is 3.40. The number of ether oxygens (including phenoxy) is 2. The Balaban J connectivity index is 1.33. The number of aliphatic hydroxyl groups is 8. The number of rotatable bonds is 6. The first-order valence-electron chi connectivity index (χ1n) is 17.2. The van der Waals surface area contributed by atoms with E-state index in [1.54, 1.807) is 17.2 Å². The van der Waals surface area contributed by atoms with E-state index in [-0.39, 0.29) is 31.8 Å². The van der Waals surface area contributed by atoms with Crippen molar-refractivity contribution in [3.05, 3.63) is 52.7 Å². The number of piperidine rings is 1. The van der Waals surface area contributed by atoms with Crippen molar-refractivity contribution in [2.75, 3.05) is 26.3 Å². The molecule has 3 aliphatic heterocycles. The summed E-state index contributed by atoms with van der Waals surface area (Å²) in [6, 6.07) is 7.46. The first kappa shape index (κ1) is 37.8. The van der Waals surface area contributed by atoms with Crippen molar-refractivity contribution in [1.29, 1.82) is 0 Å². The molecule has 1 aromatic heterocycles. The lowest BCUT2D eigenvalue weighted by atomic mass is 9.70. The number of aromatic nitrogens is 1. The van der Waals surface area contributed by atoms with Crippen LogP contribution in [0.2, 0.25) is 0 Å². The van der Waals surface area contributed by atoms with E-state index in [1.165, 1.54) is 0 Å². The molecule has 2 aromatic rings. The number of fused-ring (bicyclic) bond motifs is 5. The zero-order valence-electron chi connectivity index (χ0n) is 28.2. The van der Waals surface area contributed by atoms with Gasteiger partial charge in [0, 0.05) is 60.8 Å². The Kier molecular flexibility index (Phi) is 11.3. The molecule has 1 aromatic carbocycles. The molecule has 3 saturated heterocycles. The van der Waals surface area contributed by atoms with E-state index in [4.69, 9.17) is 20.2 Å². The number of pyridine rings is 1. The van der Waals surface area contributed by atoms with E-state index < -0.39 is 79.0 Å². The Labute approximate surface area is 299 Å². The van der Waals surface area contributed by atoms with Crippen LogP contribution in [0, 0.1) is 23.7 Å². The lowest BCUT2D eigenvalue weighted by molar-refractivity contribution is -0.214. The lowest BCUT2D eigenvalue weighted by Gasteiger charge is -2.41. The largest absolute Gasteiger partial charge is 0.396 e. The molecular formula is C37H43N3O12. The normalized spacial score (nSPS) is 31.8. The van der Waals surface area contributed by atoms with Gasteiger partial charge in [-0.05, 0) is 48.6 Å². The van der Waals surface area contributed by atoms with Crippen molar-refractivity contribution >= 4 is 11.8 Å². The highest BCUT2D eigenvalue weighted by Gasteiger charge is 2.47. The topological polar surface area (TPSA) is 257 Å². The number of aliphatic hydroxyl groups excluding tert-OH is 8. The van der Waals surface area contributed by atoms with Gasteiger partial charge >= 0.3 is 0 Å². The zero-order chi connectivity index (χ0) is 37.3. The third kappa shape index (κ3) is 7.18. The van der Waals surface area contributed by atoms with Crippen molar-refractivity contribution in [2.45, 2.75) is 98.6 Å². The summed E-state index contributed by atoms with van der Waals surface area (Å²) in [4.78, 5) is 30.7. The summed E-state index contributed by atoms with van der Waals surface area (Å²) >= 11 is 0. The highest BCUT2D eigenvalue weighted by Crippen LogP contribution is 2.53. The Hall–Kier alpha value is -3.97. The van der Waals surface area contributed by atoms with Crippen LogP contribution in [0.25, 0.3) is 11.3 Å². The highest BCUT2D eigenvalue weighted by atomic mass is 16.5. The van der Waals surface area contributed by atoms with Crippen LogP contribution in [0.5, 0.6) is 0 Å². The van der Waals surface area contributed by atoms with Gasteiger partial charge in [-0.25, -0.2) is 0 Å². The number of benzene rings is 1. The number of carbonyl (C=O) groups excluding carboxylic acids is 2. The second-order valence-corrected chi connectivity index (χ2v) is 13.7. The fourth-order valence-corrected chi connectivity index (χ4v) is 7.51. The van der Waals surface area contributed by atoms with Crippen LogP contribution in [0.1, 0.15) is 54.4 Å². The fraction of sp³-hybridized carbons (Fsp3) is 0.541. The minimum atomic E-state index is -1.56. The molecule has 15 heteroatoms. The molecule has 1 aliphatic carbocycles. The van der Waals surface area contributed by atoms with Crippen LogP contribution in [0.3, 0.4) is 0 Å². The molecule has 52 heavy (non-hydrogen) atoms. The Morgan fingerprint density at radius 3 is 2.02 bits per heavy atom. The van der Waals surface area contributed by atoms with Crippen molar-refractivity contribution < 1.29 is 59.9 Å². The summed E-state index contributed by atoms with van der Waals surface area (Å²) in [7, 11) is 0. The molecule has 6 rings (SSSR count). The lowest BCUT2D eigenvalue weighted by Crippen LogP contribution is -2.58. The molecule has 15 nitrogen and oxygen atoms in total. The first-order valence-corrected chi connectivity index (χ1v) is 17.2. The van der Waals surface area contributed by atoms with Crippen molar-refractivity contribution in [1.82, 2.24) is 9.88 Å². The van der Waals surface area contributed by atoms with E-state index >= 15 is 0 Å². The van der Waals surface area contributed by atoms with Gasteiger partial charge in [0.05, 0.1) is 18.4 Å². The van der Waals surface area contributed by atoms with Crippen LogP contribution < -0.4 is 5.73 Å². The number of hydrogen-bond acceptors (Lipinski definition) is 13. The number of amides is 2. The highest BCUT2D eigenvalue weighted by molar-refractivity contribution is 5.84. The first-order chi connectivity index (χ1) is 24.9. The van der Waals surface area contributed by atoms with Gasteiger partial charge in [0.15, 0.2) is 0 Å². The molecule has 0 radical (unpaired) electrons. The standard InChI is InChI=1S/C37H43N3O12/c38-28(43)7-8-29(44)40-12-10-37(11-13-40)22-15-19(2-5-25-32(46)36(50)34(48)27(18-42)52-25)1-4-21(22)30-23(37)16-20(17-39-30)3-6-24-31(45)35(49)33(47)26(51-24)9-14-41/h1,4,15-17,24-27,31-36,41-42,45-50H,7-14,18H2,(H2,38,43)/t24-,25-,26-,27-,31-,32-,33-,34-,35-,36-/m1/s1. The summed E-state index contributed by atoms with van der Waals surface area (Å²) in [6.45, 7) is -0.117. The van der Waals surface area contributed by atoms with Crippen LogP contribution >= 0.6 is 0 Å². The molecule has 0 unspecified atom stereocenters. The molecule has 10 atom stereocenters. The van der Waals surface area contributed by atoms with Crippen LogP contribution in [0.15, 0.2) is 30.5 Å². The van der Waals surface area contributed by atoms with Crippen molar-refractivity contribution in [3.8, 4) is 34.9 Å². The number of nitrogens with zero attached hydrogens (tertiary/aromatic N) is 2. The summed E-state index contributed by atoms with van der Waals surface area (Å²) in [5.74, 6) is 10.9. The van der Waals surface area contributed by atoms with E-state index in [1.807, 2.05) is 18.2 Å². The molecular weight excluding hydrogens is 678 g/mol. The van der Waals surface area contributed by atoms with Crippen molar-refractivity contribution in [2.24, 2.45) is 5.73 Å². The Morgan fingerprint density at radius 1 is 0.808 bits per heavy atom. The SMILES string of the molecule is NC(=O)CCC(=O)N1CCC2(CC1)c1cc(C#C[C@H]3O[C@H](CO)[C@@H](O)[C@H](O)[C@@H]3O)ccc1-c1ncc(C#C[C@H]3O[C@H](CCO)[C@@H](O)[C@H](O)[C@@H]3O)cc12. The molecule has 3 fully saturated rings. The van der Waals surface area contributed by atoms with Gasteiger partial charge in [-0.3, -0.25) is 14.6 Å². The van der Waals surface area contributed by atoms with Gasteiger partial charge in [-0.15, -0.1) is 0 Å². The van der Waals surface area contributed by atoms with Crippen LogP contribution in [-0.2, 0) is 24.5 Å². The van der Waals surface area contributed by atoms with Gasteiger partial charge in [0.25, 0.3) is 0 Å².